The Bertz CT molecular complexity index is 259. The van der Waals surface area contributed by atoms with Crippen LogP contribution in [-0.4, -0.2) is 37.6 Å². The molecule has 0 aliphatic heterocycles. The monoisotopic (exact) mass is 282 g/mol. The van der Waals surface area contributed by atoms with Crippen molar-refractivity contribution in [3.63, 3.8) is 0 Å². The summed E-state index contributed by atoms with van der Waals surface area (Å²) in [6, 6.07) is 0.808. The first-order valence-corrected chi connectivity index (χ1v) is 8.79. The Kier molecular flexibility index (Phi) is 7.00. The van der Waals surface area contributed by atoms with Gasteiger partial charge in [-0.15, -0.1) is 0 Å². The zero-order chi connectivity index (χ0) is 15.2. The van der Waals surface area contributed by atoms with E-state index in [4.69, 9.17) is 0 Å². The van der Waals surface area contributed by atoms with Gasteiger partial charge in [0.15, 0.2) is 0 Å². The number of hydrogen-bond donors (Lipinski definition) is 1. The molecule has 1 fully saturated rings. The van der Waals surface area contributed by atoms with Crippen LogP contribution >= 0.6 is 0 Å². The molecule has 1 N–H and O–H groups in total. The molecule has 1 aliphatic carbocycles. The van der Waals surface area contributed by atoms with Crippen molar-refractivity contribution in [2.45, 2.75) is 79.2 Å². The highest BCUT2D eigenvalue weighted by Crippen LogP contribution is 2.37. The van der Waals surface area contributed by atoms with Gasteiger partial charge in [-0.05, 0) is 62.9 Å². The summed E-state index contributed by atoms with van der Waals surface area (Å²) >= 11 is 0. The van der Waals surface area contributed by atoms with Crippen LogP contribution in [0.5, 0.6) is 0 Å². The molecule has 0 aromatic rings. The second-order valence-electron chi connectivity index (χ2n) is 7.80. The van der Waals surface area contributed by atoms with Gasteiger partial charge in [0.05, 0.1) is 0 Å². The summed E-state index contributed by atoms with van der Waals surface area (Å²) in [7, 11) is 2.36. The number of rotatable bonds is 8. The Labute approximate surface area is 127 Å². The molecule has 0 bridgehead atoms. The van der Waals surface area contributed by atoms with Crippen molar-refractivity contribution in [2.75, 3.05) is 26.7 Å². The summed E-state index contributed by atoms with van der Waals surface area (Å²) in [4.78, 5) is 2.67. The third-order valence-electron chi connectivity index (χ3n) is 5.77. The standard InChI is InChI=1S/C18H38N2/c1-7-18(8-2,14-19-9-3)15-20(6)16-10-12-17(4,5)13-11-16/h16,19H,7-15H2,1-6H3. The zero-order valence-electron chi connectivity index (χ0n) is 14.9. The predicted molar refractivity (Wildman–Crippen MR) is 90.2 cm³/mol. The van der Waals surface area contributed by atoms with Gasteiger partial charge in [0, 0.05) is 19.1 Å². The quantitative estimate of drug-likeness (QED) is 0.714. The Morgan fingerprint density at radius 1 is 1.10 bits per heavy atom. The van der Waals surface area contributed by atoms with Crippen LogP contribution in [0.25, 0.3) is 0 Å². The van der Waals surface area contributed by atoms with Crippen LogP contribution in [0.1, 0.15) is 73.1 Å². The third kappa shape index (κ3) is 5.04. The van der Waals surface area contributed by atoms with Gasteiger partial charge in [0.1, 0.15) is 0 Å². The lowest BCUT2D eigenvalue weighted by Crippen LogP contribution is -2.47. The number of hydrogen-bond acceptors (Lipinski definition) is 2. The highest BCUT2D eigenvalue weighted by molar-refractivity contribution is 4.87. The lowest BCUT2D eigenvalue weighted by molar-refractivity contribution is 0.0779. The summed E-state index contributed by atoms with van der Waals surface area (Å²) in [6.07, 6.45) is 8.10. The minimum absolute atomic E-state index is 0.456. The van der Waals surface area contributed by atoms with Crippen molar-refractivity contribution in [3.8, 4) is 0 Å². The Morgan fingerprint density at radius 3 is 2.10 bits per heavy atom. The van der Waals surface area contributed by atoms with Crippen LogP contribution < -0.4 is 5.32 Å². The zero-order valence-corrected chi connectivity index (χ0v) is 14.9. The molecule has 0 saturated heterocycles. The molecule has 2 heteroatoms. The normalized spacial score (nSPS) is 20.6. The fourth-order valence-corrected chi connectivity index (χ4v) is 3.65. The summed E-state index contributed by atoms with van der Waals surface area (Å²) in [6.45, 7) is 15.3. The molecule has 1 aliphatic rings. The van der Waals surface area contributed by atoms with Crippen LogP contribution in [0.3, 0.4) is 0 Å². The van der Waals surface area contributed by atoms with Gasteiger partial charge in [0.2, 0.25) is 0 Å². The van der Waals surface area contributed by atoms with Crippen LogP contribution in [0.4, 0.5) is 0 Å². The van der Waals surface area contributed by atoms with E-state index in [1.807, 2.05) is 0 Å². The lowest BCUT2D eigenvalue weighted by atomic mass is 9.74. The van der Waals surface area contributed by atoms with E-state index < -0.39 is 0 Å². The van der Waals surface area contributed by atoms with Crippen LogP contribution in [0, 0.1) is 10.8 Å². The highest BCUT2D eigenvalue weighted by atomic mass is 15.1. The summed E-state index contributed by atoms with van der Waals surface area (Å²) in [5, 5.41) is 3.59. The van der Waals surface area contributed by atoms with Gasteiger partial charge in [-0.2, -0.15) is 0 Å². The van der Waals surface area contributed by atoms with E-state index in [0.717, 1.165) is 12.6 Å². The predicted octanol–water partition coefficient (Wildman–Crippen LogP) is 4.30. The van der Waals surface area contributed by atoms with Crippen molar-refractivity contribution in [3.05, 3.63) is 0 Å². The van der Waals surface area contributed by atoms with Crippen LogP contribution in [-0.2, 0) is 0 Å². The molecule has 0 heterocycles. The van der Waals surface area contributed by atoms with E-state index >= 15 is 0 Å². The van der Waals surface area contributed by atoms with E-state index in [0.29, 0.717) is 10.8 Å². The molecular weight excluding hydrogens is 244 g/mol. The van der Waals surface area contributed by atoms with Crippen molar-refractivity contribution in [1.82, 2.24) is 10.2 Å². The van der Waals surface area contributed by atoms with E-state index in [1.54, 1.807) is 0 Å². The number of nitrogens with one attached hydrogen (secondary N) is 1. The van der Waals surface area contributed by atoms with Crippen molar-refractivity contribution in [1.29, 1.82) is 0 Å². The number of nitrogens with zero attached hydrogens (tertiary/aromatic N) is 1. The molecular formula is C18H38N2. The minimum atomic E-state index is 0.456. The first-order valence-electron chi connectivity index (χ1n) is 8.79. The first-order chi connectivity index (χ1) is 9.38. The summed E-state index contributed by atoms with van der Waals surface area (Å²) in [5.41, 5.74) is 1.03. The Balaban J connectivity index is 2.55. The second kappa shape index (κ2) is 7.79. The average molecular weight is 283 g/mol. The van der Waals surface area contributed by atoms with Gasteiger partial charge in [-0.25, -0.2) is 0 Å². The summed E-state index contributed by atoms with van der Waals surface area (Å²) in [5.74, 6) is 0. The largest absolute Gasteiger partial charge is 0.316 e. The molecule has 120 valence electrons. The van der Waals surface area contributed by atoms with Crippen molar-refractivity contribution < 1.29 is 0 Å². The molecule has 0 aromatic carbocycles. The van der Waals surface area contributed by atoms with Gasteiger partial charge in [-0.3, -0.25) is 0 Å². The molecule has 0 amide bonds. The molecule has 2 nitrogen and oxygen atoms in total. The topological polar surface area (TPSA) is 15.3 Å². The molecule has 1 saturated carbocycles. The van der Waals surface area contributed by atoms with Gasteiger partial charge < -0.3 is 10.2 Å². The molecule has 0 aromatic heterocycles. The van der Waals surface area contributed by atoms with Crippen LogP contribution in [0.2, 0.25) is 0 Å². The smallest absolute Gasteiger partial charge is 0.00928 e. The fraction of sp³-hybridized carbons (Fsp3) is 1.00. The molecule has 20 heavy (non-hydrogen) atoms. The minimum Gasteiger partial charge on any atom is -0.316 e. The van der Waals surface area contributed by atoms with Gasteiger partial charge in [0.25, 0.3) is 0 Å². The molecule has 0 unspecified atom stereocenters. The fourth-order valence-electron chi connectivity index (χ4n) is 3.65. The SMILES string of the molecule is CCNCC(CC)(CC)CN(C)C1CCC(C)(C)CC1. The van der Waals surface area contributed by atoms with Gasteiger partial charge in [-0.1, -0.05) is 34.6 Å². The first kappa shape index (κ1) is 18.0. The maximum atomic E-state index is 3.59. The molecule has 1 rings (SSSR count). The van der Waals surface area contributed by atoms with Crippen molar-refractivity contribution >= 4 is 0 Å². The molecule has 0 atom stereocenters. The van der Waals surface area contributed by atoms with Crippen LogP contribution in [0.15, 0.2) is 0 Å². The lowest BCUT2D eigenvalue weighted by Gasteiger charge is -2.43. The third-order valence-corrected chi connectivity index (χ3v) is 5.77. The molecule has 0 spiro atoms. The Morgan fingerprint density at radius 2 is 1.65 bits per heavy atom. The second-order valence-corrected chi connectivity index (χ2v) is 7.80. The maximum absolute atomic E-state index is 3.59. The van der Waals surface area contributed by atoms with E-state index in [-0.39, 0.29) is 0 Å². The average Bonchev–Trinajstić information content (AvgIpc) is 2.43. The molecule has 0 radical (unpaired) electrons. The highest BCUT2D eigenvalue weighted by Gasteiger charge is 2.33. The Hall–Kier alpha value is -0.0800. The van der Waals surface area contributed by atoms with E-state index in [9.17, 15) is 0 Å². The van der Waals surface area contributed by atoms with Crippen molar-refractivity contribution in [2.24, 2.45) is 10.8 Å². The van der Waals surface area contributed by atoms with E-state index in [2.05, 4.69) is 51.9 Å². The van der Waals surface area contributed by atoms with E-state index in [1.165, 1.54) is 51.6 Å². The van der Waals surface area contributed by atoms with Gasteiger partial charge >= 0.3 is 0 Å². The summed E-state index contributed by atoms with van der Waals surface area (Å²) < 4.78 is 0. The maximum Gasteiger partial charge on any atom is 0.00928 e.